The molecule has 2 aliphatic carbocycles. The first kappa shape index (κ1) is 23.4. The van der Waals surface area contributed by atoms with Gasteiger partial charge in [-0.2, -0.15) is 13.8 Å². The largest absolute Gasteiger partial charge is 0.429 e. The van der Waals surface area contributed by atoms with E-state index in [-0.39, 0.29) is 29.5 Å². The third-order valence-electron chi connectivity index (χ3n) is 7.41. The van der Waals surface area contributed by atoms with Gasteiger partial charge in [0.2, 0.25) is 16.0 Å². The van der Waals surface area contributed by atoms with Crippen molar-refractivity contribution in [1.82, 2.24) is 18.8 Å². The van der Waals surface area contributed by atoms with Crippen LogP contribution in [-0.2, 0) is 10.0 Å². The molecule has 2 saturated carbocycles. The fourth-order valence-corrected chi connectivity index (χ4v) is 6.60. The minimum Gasteiger partial charge on any atom is -0.429 e. The highest BCUT2D eigenvalue weighted by atomic mass is 32.2. The van der Waals surface area contributed by atoms with Crippen LogP contribution >= 0.6 is 0 Å². The van der Waals surface area contributed by atoms with Crippen LogP contribution < -0.4 is 15.6 Å². The molecule has 2 aromatic heterocycles. The van der Waals surface area contributed by atoms with E-state index in [2.05, 4.69) is 20.0 Å². The van der Waals surface area contributed by atoms with E-state index < -0.39 is 39.6 Å². The summed E-state index contributed by atoms with van der Waals surface area (Å²) in [4.78, 5) is 22.0. The van der Waals surface area contributed by atoms with Gasteiger partial charge in [-0.25, -0.2) is 17.7 Å². The first-order valence-electron chi connectivity index (χ1n) is 11.2. The maximum atomic E-state index is 13.1. The second-order valence-electron chi connectivity index (χ2n) is 9.81. The molecule has 1 saturated heterocycles. The number of sulfonamides is 1. The summed E-state index contributed by atoms with van der Waals surface area (Å²) in [6, 6.07) is 0.528. The van der Waals surface area contributed by atoms with Crippen molar-refractivity contribution >= 4 is 27.0 Å². The van der Waals surface area contributed by atoms with Crippen LogP contribution in [0.15, 0.2) is 17.1 Å². The Morgan fingerprint density at radius 1 is 1.32 bits per heavy atom. The molecule has 13 heteroatoms. The summed E-state index contributed by atoms with van der Waals surface area (Å²) in [6.45, 7) is -0.712. The van der Waals surface area contributed by atoms with Gasteiger partial charge in [0.1, 0.15) is 5.65 Å². The van der Waals surface area contributed by atoms with Crippen molar-refractivity contribution in [2.24, 2.45) is 11.8 Å². The van der Waals surface area contributed by atoms with Crippen molar-refractivity contribution in [2.45, 2.75) is 56.9 Å². The average molecular weight is 500 g/mol. The summed E-state index contributed by atoms with van der Waals surface area (Å²) in [5, 5.41) is 14.5. The molecule has 3 aliphatic rings. The van der Waals surface area contributed by atoms with E-state index in [1.165, 1.54) is 27.4 Å². The predicted octanol–water partition coefficient (Wildman–Crippen LogP) is 1.56. The number of hydrogen-bond donors (Lipinski definition) is 2. The summed E-state index contributed by atoms with van der Waals surface area (Å²) in [7, 11) is -3.25. The van der Waals surface area contributed by atoms with Gasteiger partial charge in [-0.05, 0) is 50.5 Å². The third-order valence-corrected chi connectivity index (χ3v) is 8.64. The number of aliphatic hydroxyl groups is 1. The van der Waals surface area contributed by atoms with Crippen molar-refractivity contribution < 1.29 is 27.0 Å². The van der Waals surface area contributed by atoms with Crippen molar-refractivity contribution in [1.29, 1.82) is 0 Å². The standard InChI is InChI=1S/C21H27F2N5O5S/c1-21(30)5-3-4-15(21)28-17-11(7-14(18(28)29)33-19(22)23)8-24-20(26-17)25-16-12-6-13(16)10-27(9-12)34(2,31)32/h7-8,12-13,15-16,19,30H,3-6,9-10H2,1-2H3,(H,24,25,26)/t12?,13?,15-,16?,21-/m1/s1. The summed E-state index contributed by atoms with van der Waals surface area (Å²) >= 11 is 0. The smallest absolute Gasteiger partial charge is 0.387 e. The van der Waals surface area contributed by atoms with Crippen LogP contribution in [0.5, 0.6) is 5.75 Å². The van der Waals surface area contributed by atoms with E-state index in [1.54, 1.807) is 6.92 Å². The minimum atomic E-state index is -3.25. The van der Waals surface area contributed by atoms with Crippen LogP contribution in [0, 0.1) is 11.8 Å². The fraction of sp³-hybridized carbons (Fsp3) is 0.667. The Balaban J connectivity index is 1.50. The number of alkyl halides is 2. The van der Waals surface area contributed by atoms with Crippen molar-refractivity contribution in [3.63, 3.8) is 0 Å². The molecule has 2 N–H and O–H groups in total. The third kappa shape index (κ3) is 4.03. The maximum Gasteiger partial charge on any atom is 0.387 e. The Morgan fingerprint density at radius 3 is 2.62 bits per heavy atom. The zero-order valence-corrected chi connectivity index (χ0v) is 19.6. The lowest BCUT2D eigenvalue weighted by Gasteiger charge is -2.52. The molecular formula is C21H27F2N5O5S. The number of fused-ring (bicyclic) bond motifs is 3. The van der Waals surface area contributed by atoms with Gasteiger partial charge in [0, 0.05) is 30.7 Å². The lowest BCUT2D eigenvalue weighted by atomic mass is 9.67. The van der Waals surface area contributed by atoms with Gasteiger partial charge in [-0.3, -0.25) is 9.36 Å². The zero-order valence-electron chi connectivity index (χ0n) is 18.8. The van der Waals surface area contributed by atoms with Crippen molar-refractivity contribution in [3.8, 4) is 5.75 Å². The van der Waals surface area contributed by atoms with E-state index in [4.69, 9.17) is 0 Å². The van der Waals surface area contributed by atoms with E-state index in [0.717, 1.165) is 6.42 Å². The topological polar surface area (TPSA) is 127 Å². The number of pyridine rings is 1. The van der Waals surface area contributed by atoms with Gasteiger partial charge in [-0.1, -0.05) is 0 Å². The van der Waals surface area contributed by atoms with Crippen LogP contribution in [0.25, 0.3) is 11.0 Å². The Hall–Kier alpha value is -2.38. The molecule has 0 amide bonds. The molecule has 4 atom stereocenters. The lowest BCUT2D eigenvalue weighted by molar-refractivity contribution is -0.0513. The normalized spacial score (nSPS) is 31.6. The molecule has 0 aromatic carbocycles. The second-order valence-corrected chi connectivity index (χ2v) is 11.8. The molecule has 2 bridgehead atoms. The number of piperidine rings is 2. The van der Waals surface area contributed by atoms with E-state index in [0.29, 0.717) is 37.7 Å². The Bertz CT molecular complexity index is 1270. The quantitative estimate of drug-likeness (QED) is 0.613. The zero-order chi connectivity index (χ0) is 24.4. The van der Waals surface area contributed by atoms with Gasteiger partial charge in [0.15, 0.2) is 5.75 Å². The molecular weight excluding hydrogens is 472 g/mol. The first-order chi connectivity index (χ1) is 15.9. The molecule has 3 fully saturated rings. The second kappa shape index (κ2) is 8.09. The Kier molecular flexibility index (Phi) is 5.56. The highest BCUT2D eigenvalue weighted by Crippen LogP contribution is 2.43. The van der Waals surface area contributed by atoms with E-state index in [1.807, 2.05) is 0 Å². The number of aromatic nitrogens is 3. The van der Waals surface area contributed by atoms with Crippen molar-refractivity contribution in [3.05, 3.63) is 22.6 Å². The van der Waals surface area contributed by atoms with Gasteiger partial charge >= 0.3 is 6.61 Å². The number of nitrogens with one attached hydrogen (secondary N) is 1. The lowest BCUT2D eigenvalue weighted by Crippen LogP contribution is -2.62. The SMILES string of the molecule is C[C@@]1(O)CCC[C@H]1n1c(=O)c(OC(F)F)cc2cnc(NC3C4CC3CN(S(C)(=O)=O)C4)nc21. The monoisotopic (exact) mass is 499 g/mol. The Morgan fingerprint density at radius 2 is 2.03 bits per heavy atom. The van der Waals surface area contributed by atoms with Crippen LogP contribution in [0.3, 0.4) is 0 Å². The highest BCUT2D eigenvalue weighted by Gasteiger charge is 2.49. The summed E-state index contributed by atoms with van der Waals surface area (Å²) < 4.78 is 56.8. The van der Waals surface area contributed by atoms with Crippen LogP contribution in [0.1, 0.15) is 38.6 Å². The molecule has 0 spiro atoms. The summed E-state index contributed by atoms with van der Waals surface area (Å²) in [5.74, 6) is -0.0306. The molecule has 1 aliphatic heterocycles. The highest BCUT2D eigenvalue weighted by molar-refractivity contribution is 7.88. The summed E-state index contributed by atoms with van der Waals surface area (Å²) in [5.41, 5.74) is -1.77. The number of hydrogen-bond acceptors (Lipinski definition) is 8. The van der Waals surface area contributed by atoms with Crippen LogP contribution in [0.4, 0.5) is 14.7 Å². The van der Waals surface area contributed by atoms with Crippen LogP contribution in [-0.4, -0.2) is 70.0 Å². The van der Waals surface area contributed by atoms with Crippen LogP contribution in [0.2, 0.25) is 0 Å². The summed E-state index contributed by atoms with van der Waals surface area (Å²) in [6.07, 6.45) is 5.16. The predicted molar refractivity (Wildman–Crippen MR) is 119 cm³/mol. The molecule has 0 radical (unpaired) electrons. The average Bonchev–Trinajstić information content (AvgIpc) is 3.10. The molecule has 2 aromatic rings. The molecule has 3 heterocycles. The number of rotatable bonds is 6. The Labute approximate surface area is 195 Å². The number of nitrogens with zero attached hydrogens (tertiary/aromatic N) is 4. The van der Waals surface area contributed by atoms with Gasteiger partial charge in [0.05, 0.1) is 17.9 Å². The van der Waals surface area contributed by atoms with Gasteiger partial charge < -0.3 is 15.2 Å². The van der Waals surface area contributed by atoms with Gasteiger partial charge in [0.25, 0.3) is 5.56 Å². The first-order valence-corrected chi connectivity index (χ1v) is 13.1. The fourth-order valence-electron chi connectivity index (χ4n) is 5.67. The molecule has 5 rings (SSSR count). The van der Waals surface area contributed by atoms with E-state index in [9.17, 15) is 27.1 Å². The maximum absolute atomic E-state index is 13.1. The van der Waals surface area contributed by atoms with Crippen molar-refractivity contribution in [2.75, 3.05) is 24.7 Å². The number of halogens is 2. The van der Waals surface area contributed by atoms with E-state index >= 15 is 0 Å². The number of ether oxygens (including phenoxy) is 1. The molecule has 34 heavy (non-hydrogen) atoms. The minimum absolute atomic E-state index is 0.00773. The van der Waals surface area contributed by atoms with Gasteiger partial charge in [-0.15, -0.1) is 0 Å². The number of anilines is 1. The molecule has 10 nitrogen and oxygen atoms in total. The molecule has 186 valence electrons. The molecule has 2 unspecified atom stereocenters.